The van der Waals surface area contributed by atoms with Gasteiger partial charge < -0.3 is 16.0 Å². The zero-order valence-electron chi connectivity index (χ0n) is 12.1. The standard InChI is InChI=1S/C14H28N4O/c1-2-16-13(14(15)19)6-8-17-9-10-18-7-4-3-5-12(18)11-17/h12-13,16H,2-11H2,1H3,(H2,15,19). The average Bonchev–Trinajstić information content (AvgIpc) is 2.43. The second-order valence-electron chi connectivity index (χ2n) is 5.79. The normalized spacial score (nSPS) is 26.9. The van der Waals surface area contributed by atoms with Crippen molar-refractivity contribution in [1.82, 2.24) is 15.1 Å². The number of hydrogen-bond donors (Lipinski definition) is 2. The minimum atomic E-state index is -0.224. The van der Waals surface area contributed by atoms with E-state index in [9.17, 15) is 4.79 Å². The molecule has 0 saturated carbocycles. The van der Waals surface area contributed by atoms with E-state index in [0.717, 1.165) is 38.6 Å². The molecule has 5 heteroatoms. The molecule has 5 nitrogen and oxygen atoms in total. The highest BCUT2D eigenvalue weighted by Crippen LogP contribution is 2.21. The first-order valence-electron chi connectivity index (χ1n) is 7.69. The lowest BCUT2D eigenvalue weighted by molar-refractivity contribution is -0.120. The van der Waals surface area contributed by atoms with Crippen LogP contribution < -0.4 is 11.1 Å². The van der Waals surface area contributed by atoms with Crippen LogP contribution in [-0.2, 0) is 4.79 Å². The van der Waals surface area contributed by atoms with Crippen molar-refractivity contribution in [3.05, 3.63) is 0 Å². The fourth-order valence-corrected chi connectivity index (χ4v) is 3.33. The number of carbonyl (C=O) groups is 1. The van der Waals surface area contributed by atoms with Crippen LogP contribution in [0.4, 0.5) is 0 Å². The van der Waals surface area contributed by atoms with Gasteiger partial charge in [-0.2, -0.15) is 0 Å². The Bertz CT molecular complexity index is 297. The predicted octanol–water partition coefficient (Wildman–Crippen LogP) is 0.0100. The number of nitrogens with zero attached hydrogens (tertiary/aromatic N) is 2. The van der Waals surface area contributed by atoms with E-state index in [2.05, 4.69) is 15.1 Å². The molecule has 0 aromatic heterocycles. The van der Waals surface area contributed by atoms with Gasteiger partial charge >= 0.3 is 0 Å². The Balaban J connectivity index is 1.75. The first-order valence-corrected chi connectivity index (χ1v) is 7.69. The lowest BCUT2D eigenvalue weighted by atomic mass is 9.99. The van der Waals surface area contributed by atoms with Crippen molar-refractivity contribution in [2.75, 3.05) is 39.3 Å². The summed E-state index contributed by atoms with van der Waals surface area (Å²) in [6, 6.07) is 0.572. The van der Waals surface area contributed by atoms with Crippen LogP contribution in [0.15, 0.2) is 0 Å². The third kappa shape index (κ3) is 4.16. The van der Waals surface area contributed by atoms with E-state index >= 15 is 0 Å². The minimum absolute atomic E-state index is 0.172. The van der Waals surface area contributed by atoms with Crippen molar-refractivity contribution in [3.8, 4) is 0 Å². The summed E-state index contributed by atoms with van der Waals surface area (Å²) in [6.45, 7) is 8.55. The zero-order chi connectivity index (χ0) is 13.7. The molecule has 2 atom stereocenters. The van der Waals surface area contributed by atoms with Gasteiger partial charge in [-0.1, -0.05) is 13.3 Å². The number of primary amides is 1. The highest BCUT2D eigenvalue weighted by molar-refractivity contribution is 5.79. The van der Waals surface area contributed by atoms with Crippen LogP contribution in [0.5, 0.6) is 0 Å². The molecular weight excluding hydrogens is 240 g/mol. The van der Waals surface area contributed by atoms with E-state index in [-0.39, 0.29) is 11.9 Å². The second-order valence-corrected chi connectivity index (χ2v) is 5.79. The molecule has 0 bridgehead atoms. The van der Waals surface area contributed by atoms with Gasteiger partial charge in [-0.25, -0.2) is 0 Å². The molecule has 2 heterocycles. The Kier molecular flexibility index (Phi) is 5.60. The van der Waals surface area contributed by atoms with E-state index in [1.54, 1.807) is 0 Å². The lowest BCUT2D eigenvalue weighted by Crippen LogP contribution is -2.55. The highest BCUT2D eigenvalue weighted by atomic mass is 16.1. The summed E-state index contributed by atoms with van der Waals surface area (Å²) in [5, 5.41) is 3.17. The highest BCUT2D eigenvalue weighted by Gasteiger charge is 2.29. The van der Waals surface area contributed by atoms with E-state index < -0.39 is 0 Å². The molecule has 2 saturated heterocycles. The van der Waals surface area contributed by atoms with Crippen LogP contribution in [0, 0.1) is 0 Å². The number of nitrogens with one attached hydrogen (secondary N) is 1. The molecule has 2 aliphatic heterocycles. The predicted molar refractivity (Wildman–Crippen MR) is 76.9 cm³/mol. The Morgan fingerprint density at radius 1 is 1.37 bits per heavy atom. The molecule has 0 aliphatic carbocycles. The monoisotopic (exact) mass is 268 g/mol. The summed E-state index contributed by atoms with van der Waals surface area (Å²) < 4.78 is 0. The maximum absolute atomic E-state index is 11.3. The molecule has 0 radical (unpaired) electrons. The summed E-state index contributed by atoms with van der Waals surface area (Å²) in [6.07, 6.45) is 4.90. The van der Waals surface area contributed by atoms with Crippen molar-refractivity contribution in [2.45, 2.75) is 44.7 Å². The van der Waals surface area contributed by atoms with Gasteiger partial charge in [-0.05, 0) is 32.4 Å². The smallest absolute Gasteiger partial charge is 0.234 e. The fraction of sp³-hybridized carbons (Fsp3) is 0.929. The molecule has 2 rings (SSSR count). The van der Waals surface area contributed by atoms with Crippen molar-refractivity contribution in [1.29, 1.82) is 0 Å². The van der Waals surface area contributed by atoms with E-state index in [1.165, 1.54) is 32.4 Å². The topological polar surface area (TPSA) is 61.6 Å². The summed E-state index contributed by atoms with van der Waals surface area (Å²) >= 11 is 0. The molecule has 0 aromatic rings. The molecule has 0 spiro atoms. The number of likely N-dealkylation sites (N-methyl/N-ethyl adjacent to an activating group) is 1. The van der Waals surface area contributed by atoms with Gasteiger partial charge in [0.15, 0.2) is 0 Å². The number of hydrogen-bond acceptors (Lipinski definition) is 4. The van der Waals surface area contributed by atoms with Gasteiger partial charge in [0.2, 0.25) is 5.91 Å². The van der Waals surface area contributed by atoms with Crippen molar-refractivity contribution >= 4 is 5.91 Å². The number of piperidine rings is 1. The molecule has 110 valence electrons. The summed E-state index contributed by atoms with van der Waals surface area (Å²) in [4.78, 5) is 16.5. The average molecular weight is 268 g/mol. The van der Waals surface area contributed by atoms with Crippen LogP contribution in [0.3, 0.4) is 0 Å². The number of amides is 1. The maximum Gasteiger partial charge on any atom is 0.234 e. The fourth-order valence-electron chi connectivity index (χ4n) is 3.33. The summed E-state index contributed by atoms with van der Waals surface area (Å²) in [7, 11) is 0. The molecule has 19 heavy (non-hydrogen) atoms. The number of fused-ring (bicyclic) bond motifs is 1. The number of rotatable bonds is 6. The molecule has 0 aromatic carbocycles. The van der Waals surface area contributed by atoms with Crippen molar-refractivity contribution < 1.29 is 4.79 Å². The van der Waals surface area contributed by atoms with Crippen LogP contribution in [0.25, 0.3) is 0 Å². The maximum atomic E-state index is 11.3. The Morgan fingerprint density at radius 3 is 2.95 bits per heavy atom. The first-order chi connectivity index (χ1) is 9.20. The zero-order valence-corrected chi connectivity index (χ0v) is 12.1. The SMILES string of the molecule is CCNC(CCN1CCN2CCCCC2C1)C(N)=O. The van der Waals surface area contributed by atoms with E-state index in [4.69, 9.17) is 5.73 Å². The number of nitrogens with two attached hydrogens (primary N) is 1. The number of carbonyl (C=O) groups excluding carboxylic acids is 1. The third-order valence-corrected chi connectivity index (χ3v) is 4.45. The van der Waals surface area contributed by atoms with Gasteiger partial charge in [0.1, 0.15) is 0 Å². The largest absolute Gasteiger partial charge is 0.368 e. The Labute approximate surface area is 116 Å². The van der Waals surface area contributed by atoms with Gasteiger partial charge in [-0.15, -0.1) is 0 Å². The molecule has 2 fully saturated rings. The third-order valence-electron chi connectivity index (χ3n) is 4.45. The molecular formula is C14H28N4O. The lowest BCUT2D eigenvalue weighted by Gasteiger charge is -2.44. The first kappa shape index (κ1) is 14.8. The minimum Gasteiger partial charge on any atom is -0.368 e. The van der Waals surface area contributed by atoms with E-state index in [1.807, 2.05) is 6.92 Å². The summed E-state index contributed by atoms with van der Waals surface area (Å²) in [5.41, 5.74) is 5.42. The summed E-state index contributed by atoms with van der Waals surface area (Å²) in [5.74, 6) is -0.224. The van der Waals surface area contributed by atoms with Crippen LogP contribution in [-0.4, -0.2) is 67.1 Å². The van der Waals surface area contributed by atoms with Crippen molar-refractivity contribution in [2.24, 2.45) is 5.73 Å². The van der Waals surface area contributed by atoms with Gasteiger partial charge in [0.05, 0.1) is 6.04 Å². The van der Waals surface area contributed by atoms with Gasteiger partial charge in [0, 0.05) is 32.2 Å². The van der Waals surface area contributed by atoms with Crippen molar-refractivity contribution in [3.63, 3.8) is 0 Å². The quantitative estimate of drug-likeness (QED) is 0.712. The second kappa shape index (κ2) is 7.22. The van der Waals surface area contributed by atoms with Crippen LogP contribution >= 0.6 is 0 Å². The Morgan fingerprint density at radius 2 is 2.21 bits per heavy atom. The van der Waals surface area contributed by atoms with Gasteiger partial charge in [0.25, 0.3) is 0 Å². The van der Waals surface area contributed by atoms with E-state index in [0.29, 0.717) is 0 Å². The molecule has 1 amide bonds. The number of piperazine rings is 1. The molecule has 2 unspecified atom stereocenters. The van der Waals surface area contributed by atoms with Crippen LogP contribution in [0.1, 0.15) is 32.6 Å². The van der Waals surface area contributed by atoms with Gasteiger partial charge in [-0.3, -0.25) is 9.69 Å². The Hall–Kier alpha value is -0.650. The van der Waals surface area contributed by atoms with Crippen LogP contribution in [0.2, 0.25) is 0 Å². The molecule has 2 aliphatic rings. The molecule has 3 N–H and O–H groups in total.